The van der Waals surface area contributed by atoms with Crippen molar-refractivity contribution in [2.75, 3.05) is 17.2 Å². The molecular formula is C14H21N5. The van der Waals surface area contributed by atoms with Crippen molar-refractivity contribution in [1.29, 1.82) is 0 Å². The summed E-state index contributed by atoms with van der Waals surface area (Å²) in [6.45, 7) is 7.97. The Labute approximate surface area is 114 Å². The maximum absolute atomic E-state index is 5.84. The molecular weight excluding hydrogens is 238 g/mol. The molecule has 1 aromatic carbocycles. The molecule has 2 N–H and O–H groups in total. The van der Waals surface area contributed by atoms with Crippen LogP contribution in [0.25, 0.3) is 0 Å². The van der Waals surface area contributed by atoms with Crippen molar-refractivity contribution >= 4 is 11.4 Å². The Hall–Kier alpha value is -2.04. The van der Waals surface area contributed by atoms with Crippen LogP contribution in [0, 0.1) is 0 Å². The van der Waals surface area contributed by atoms with Crippen LogP contribution in [0.2, 0.25) is 0 Å². The molecule has 0 fully saturated rings. The van der Waals surface area contributed by atoms with Crippen molar-refractivity contribution in [2.24, 2.45) is 0 Å². The van der Waals surface area contributed by atoms with Gasteiger partial charge in [0, 0.05) is 24.0 Å². The number of benzene rings is 1. The van der Waals surface area contributed by atoms with Gasteiger partial charge in [0.15, 0.2) is 0 Å². The molecule has 0 aliphatic carbocycles. The van der Waals surface area contributed by atoms with E-state index in [9.17, 15) is 0 Å². The molecule has 0 aliphatic rings. The Morgan fingerprint density at radius 2 is 2.16 bits per heavy atom. The molecule has 19 heavy (non-hydrogen) atoms. The zero-order chi connectivity index (χ0) is 13.8. The Morgan fingerprint density at radius 3 is 2.79 bits per heavy atom. The van der Waals surface area contributed by atoms with Gasteiger partial charge in [-0.1, -0.05) is 6.07 Å². The van der Waals surface area contributed by atoms with Crippen LogP contribution in [0.15, 0.2) is 30.6 Å². The average Bonchev–Trinajstić information content (AvgIpc) is 2.84. The van der Waals surface area contributed by atoms with E-state index >= 15 is 0 Å². The third kappa shape index (κ3) is 3.05. The Balaban J connectivity index is 2.22. The van der Waals surface area contributed by atoms with Crippen LogP contribution in [0.3, 0.4) is 0 Å². The zero-order valence-corrected chi connectivity index (χ0v) is 11.7. The van der Waals surface area contributed by atoms with Gasteiger partial charge in [-0.05, 0) is 39.0 Å². The molecule has 5 heteroatoms. The van der Waals surface area contributed by atoms with Crippen molar-refractivity contribution in [3.05, 3.63) is 36.4 Å². The Kier molecular flexibility index (Phi) is 4.04. The second-order valence-corrected chi connectivity index (χ2v) is 4.82. The van der Waals surface area contributed by atoms with E-state index in [2.05, 4.69) is 41.8 Å². The quantitative estimate of drug-likeness (QED) is 0.838. The van der Waals surface area contributed by atoms with E-state index < -0.39 is 0 Å². The summed E-state index contributed by atoms with van der Waals surface area (Å²) in [7, 11) is 0. The highest BCUT2D eigenvalue weighted by atomic mass is 15.4. The predicted octanol–water partition coefficient (Wildman–Crippen LogP) is 2.47. The molecule has 5 nitrogen and oxygen atoms in total. The van der Waals surface area contributed by atoms with E-state index in [0.717, 1.165) is 30.3 Å². The number of hydrogen-bond acceptors (Lipinski definition) is 4. The van der Waals surface area contributed by atoms with Crippen molar-refractivity contribution in [1.82, 2.24) is 14.8 Å². The first kappa shape index (κ1) is 13.4. The maximum Gasteiger partial charge on any atom is 0.146 e. The SMILES string of the molecule is CCN(Cc1ncnn1C(C)C)c1cccc(N)c1. The van der Waals surface area contributed by atoms with Gasteiger partial charge in [-0.3, -0.25) is 0 Å². The summed E-state index contributed by atoms with van der Waals surface area (Å²) in [5, 5.41) is 4.27. The fraction of sp³-hybridized carbons (Fsp3) is 0.429. The summed E-state index contributed by atoms with van der Waals surface area (Å²) >= 11 is 0. The van der Waals surface area contributed by atoms with Gasteiger partial charge in [0.25, 0.3) is 0 Å². The molecule has 0 amide bonds. The summed E-state index contributed by atoms with van der Waals surface area (Å²) in [4.78, 5) is 6.59. The molecule has 102 valence electrons. The summed E-state index contributed by atoms with van der Waals surface area (Å²) in [5.41, 5.74) is 7.73. The van der Waals surface area contributed by atoms with Gasteiger partial charge in [0.2, 0.25) is 0 Å². The second-order valence-electron chi connectivity index (χ2n) is 4.82. The highest BCUT2D eigenvalue weighted by Gasteiger charge is 2.12. The third-order valence-electron chi connectivity index (χ3n) is 3.09. The number of nitrogens with zero attached hydrogens (tertiary/aromatic N) is 4. The van der Waals surface area contributed by atoms with Crippen LogP contribution in [-0.2, 0) is 6.54 Å². The molecule has 0 aliphatic heterocycles. The fourth-order valence-electron chi connectivity index (χ4n) is 2.10. The van der Waals surface area contributed by atoms with Gasteiger partial charge >= 0.3 is 0 Å². The first-order valence-corrected chi connectivity index (χ1v) is 6.60. The van der Waals surface area contributed by atoms with Crippen molar-refractivity contribution in [3.63, 3.8) is 0 Å². The summed E-state index contributed by atoms with van der Waals surface area (Å²) < 4.78 is 1.95. The van der Waals surface area contributed by atoms with E-state index in [1.165, 1.54) is 0 Å². The van der Waals surface area contributed by atoms with Crippen molar-refractivity contribution in [2.45, 2.75) is 33.4 Å². The average molecular weight is 259 g/mol. The number of nitrogen functional groups attached to an aromatic ring is 1. The zero-order valence-electron chi connectivity index (χ0n) is 11.7. The first-order valence-electron chi connectivity index (χ1n) is 6.60. The van der Waals surface area contributed by atoms with Gasteiger partial charge in [0.1, 0.15) is 12.2 Å². The number of rotatable bonds is 5. The largest absolute Gasteiger partial charge is 0.399 e. The molecule has 0 unspecified atom stereocenters. The van der Waals surface area contributed by atoms with E-state index in [4.69, 9.17) is 5.73 Å². The summed E-state index contributed by atoms with van der Waals surface area (Å²) in [5.74, 6) is 0.972. The molecule has 0 spiro atoms. The molecule has 0 bridgehead atoms. The normalized spacial score (nSPS) is 10.9. The number of hydrogen-bond donors (Lipinski definition) is 1. The lowest BCUT2D eigenvalue weighted by Gasteiger charge is -2.23. The lowest BCUT2D eigenvalue weighted by molar-refractivity contribution is 0.501. The molecule has 0 saturated carbocycles. The number of aromatic nitrogens is 3. The molecule has 0 atom stereocenters. The van der Waals surface area contributed by atoms with Crippen LogP contribution < -0.4 is 10.6 Å². The van der Waals surface area contributed by atoms with E-state index in [1.54, 1.807) is 6.33 Å². The summed E-state index contributed by atoms with van der Waals surface area (Å²) in [6.07, 6.45) is 1.61. The van der Waals surface area contributed by atoms with Gasteiger partial charge in [-0.2, -0.15) is 5.10 Å². The van der Waals surface area contributed by atoms with Crippen LogP contribution in [0.5, 0.6) is 0 Å². The number of anilines is 2. The van der Waals surface area contributed by atoms with Crippen LogP contribution in [0.1, 0.15) is 32.6 Å². The third-order valence-corrected chi connectivity index (χ3v) is 3.09. The highest BCUT2D eigenvalue weighted by molar-refractivity contribution is 5.55. The first-order chi connectivity index (χ1) is 9.11. The minimum atomic E-state index is 0.317. The van der Waals surface area contributed by atoms with Crippen molar-refractivity contribution in [3.8, 4) is 0 Å². The van der Waals surface area contributed by atoms with E-state index in [1.807, 2.05) is 22.9 Å². The Morgan fingerprint density at radius 1 is 1.37 bits per heavy atom. The maximum atomic E-state index is 5.84. The minimum absolute atomic E-state index is 0.317. The van der Waals surface area contributed by atoms with Gasteiger partial charge in [-0.15, -0.1) is 0 Å². The molecule has 2 rings (SSSR count). The lowest BCUT2D eigenvalue weighted by atomic mass is 10.2. The molecule has 1 heterocycles. The molecule has 0 saturated heterocycles. The molecule has 1 aromatic heterocycles. The minimum Gasteiger partial charge on any atom is -0.399 e. The topological polar surface area (TPSA) is 60.0 Å². The monoisotopic (exact) mass is 259 g/mol. The van der Waals surface area contributed by atoms with Crippen molar-refractivity contribution < 1.29 is 0 Å². The number of nitrogens with two attached hydrogens (primary N) is 1. The lowest BCUT2D eigenvalue weighted by Crippen LogP contribution is -2.25. The van der Waals surface area contributed by atoms with Gasteiger partial charge < -0.3 is 10.6 Å². The van der Waals surface area contributed by atoms with Crippen LogP contribution in [-0.4, -0.2) is 21.3 Å². The highest BCUT2D eigenvalue weighted by Crippen LogP contribution is 2.19. The van der Waals surface area contributed by atoms with Crippen LogP contribution >= 0.6 is 0 Å². The summed E-state index contributed by atoms with van der Waals surface area (Å²) in [6, 6.07) is 8.24. The van der Waals surface area contributed by atoms with Crippen LogP contribution in [0.4, 0.5) is 11.4 Å². The standard InChI is InChI=1S/C14H21N5/c1-4-18(13-7-5-6-12(15)8-13)9-14-16-10-17-19(14)11(2)3/h5-8,10-11H,4,9,15H2,1-3H3. The molecule has 0 radical (unpaired) electrons. The van der Waals surface area contributed by atoms with Gasteiger partial charge in [-0.25, -0.2) is 9.67 Å². The second kappa shape index (κ2) is 5.73. The fourth-order valence-corrected chi connectivity index (χ4v) is 2.10. The van der Waals surface area contributed by atoms with Gasteiger partial charge in [0.05, 0.1) is 6.54 Å². The molecule has 2 aromatic rings. The smallest absolute Gasteiger partial charge is 0.146 e. The Bertz CT molecular complexity index is 532. The van der Waals surface area contributed by atoms with E-state index in [-0.39, 0.29) is 0 Å². The van der Waals surface area contributed by atoms with E-state index in [0.29, 0.717) is 6.04 Å². The predicted molar refractivity (Wildman–Crippen MR) is 78.0 cm³/mol.